The number of amides is 1. The second-order valence-electron chi connectivity index (χ2n) is 8.66. The smallest absolute Gasteiger partial charge is 0.287 e. The highest BCUT2D eigenvalue weighted by Gasteiger charge is 2.31. The summed E-state index contributed by atoms with van der Waals surface area (Å²) in [5, 5.41) is 2.88. The lowest BCUT2D eigenvalue weighted by atomic mass is 9.99. The van der Waals surface area contributed by atoms with E-state index in [1.165, 1.54) is 6.07 Å². The van der Waals surface area contributed by atoms with Crippen LogP contribution >= 0.6 is 0 Å². The fourth-order valence-corrected chi connectivity index (χ4v) is 4.76. The lowest BCUT2D eigenvalue weighted by molar-refractivity contribution is 0.0916. The molecule has 0 fully saturated rings. The molecular weight excluding hydrogens is 449 g/mol. The van der Waals surface area contributed by atoms with E-state index in [1.54, 1.807) is 12.1 Å². The second kappa shape index (κ2) is 8.96. The normalized spacial score (nSPS) is 16.8. The molecule has 0 bridgehead atoms. The molecule has 178 valence electrons. The molecule has 35 heavy (non-hydrogen) atoms. The van der Waals surface area contributed by atoms with Gasteiger partial charge < -0.3 is 23.8 Å². The molecule has 8 heteroatoms. The van der Waals surface area contributed by atoms with Crippen LogP contribution in [0.25, 0.3) is 0 Å². The Balaban J connectivity index is 1.16. The zero-order valence-corrected chi connectivity index (χ0v) is 18.9. The van der Waals surface area contributed by atoms with Gasteiger partial charge in [0.05, 0.1) is 12.6 Å². The predicted octanol–water partition coefficient (Wildman–Crippen LogP) is 4.48. The average Bonchev–Trinajstić information content (AvgIpc) is 3.63. The zero-order chi connectivity index (χ0) is 23.8. The van der Waals surface area contributed by atoms with Crippen LogP contribution in [0.5, 0.6) is 11.5 Å². The lowest BCUT2D eigenvalue weighted by Crippen LogP contribution is -2.38. The Hall–Kier alpha value is -4.04. The number of carbonyl (C=O) groups excluding carboxylic acids is 1. The van der Waals surface area contributed by atoms with Crippen molar-refractivity contribution in [1.29, 1.82) is 0 Å². The number of nitrogens with one attached hydrogen (secondary N) is 1. The molecule has 2 aromatic heterocycles. The SMILES string of the molecule is O=C(NCc1ccc2c(c1)OCO2)c1ccc(CN2CCn3cccc3C2c2ccccc2F)o1. The molecule has 0 radical (unpaired) electrons. The summed E-state index contributed by atoms with van der Waals surface area (Å²) in [6, 6.07) is 19.7. The maximum Gasteiger partial charge on any atom is 0.287 e. The average molecular weight is 474 g/mol. The molecular formula is C27H24FN3O4. The van der Waals surface area contributed by atoms with E-state index in [9.17, 15) is 9.18 Å². The third-order valence-corrected chi connectivity index (χ3v) is 6.47. The Bertz CT molecular complexity index is 1380. The van der Waals surface area contributed by atoms with E-state index in [-0.39, 0.29) is 30.3 Å². The number of hydrogen-bond donors (Lipinski definition) is 1. The van der Waals surface area contributed by atoms with Gasteiger partial charge in [-0.2, -0.15) is 0 Å². The summed E-state index contributed by atoms with van der Waals surface area (Å²) in [7, 11) is 0. The van der Waals surface area contributed by atoms with Crippen LogP contribution in [-0.4, -0.2) is 28.7 Å². The Kier molecular flexibility index (Phi) is 5.50. The van der Waals surface area contributed by atoms with E-state index in [2.05, 4.69) is 14.8 Å². The summed E-state index contributed by atoms with van der Waals surface area (Å²) < 4.78 is 33.5. The van der Waals surface area contributed by atoms with Gasteiger partial charge in [0.15, 0.2) is 17.3 Å². The molecule has 4 aromatic rings. The molecule has 2 aromatic carbocycles. The standard InChI is InChI=1S/C27H24FN3O4/c28-21-5-2-1-4-20(21)26-22-6-3-11-30(22)12-13-31(26)16-19-8-10-24(35-19)27(32)29-15-18-7-9-23-25(14-18)34-17-33-23/h1-11,14,26H,12-13,15-17H2,(H,29,32). The number of rotatable bonds is 6. The van der Waals surface area contributed by atoms with Crippen LogP contribution in [0.2, 0.25) is 0 Å². The van der Waals surface area contributed by atoms with Crippen LogP contribution in [0.4, 0.5) is 4.39 Å². The minimum Gasteiger partial charge on any atom is -0.455 e. The van der Waals surface area contributed by atoms with Crippen molar-refractivity contribution in [2.75, 3.05) is 13.3 Å². The maximum absolute atomic E-state index is 14.8. The number of benzene rings is 2. The summed E-state index contributed by atoms with van der Waals surface area (Å²) in [5.41, 5.74) is 2.56. The molecule has 0 saturated heterocycles. The van der Waals surface area contributed by atoms with Crippen LogP contribution in [0.1, 0.15) is 39.2 Å². The van der Waals surface area contributed by atoms with E-state index in [0.717, 1.165) is 24.3 Å². The van der Waals surface area contributed by atoms with Gasteiger partial charge in [-0.25, -0.2) is 4.39 Å². The van der Waals surface area contributed by atoms with E-state index in [0.29, 0.717) is 35.9 Å². The summed E-state index contributed by atoms with van der Waals surface area (Å²) in [5.74, 6) is 1.74. The largest absolute Gasteiger partial charge is 0.455 e. The molecule has 1 N–H and O–H groups in total. The van der Waals surface area contributed by atoms with Crippen molar-refractivity contribution in [3.8, 4) is 11.5 Å². The van der Waals surface area contributed by atoms with Crippen molar-refractivity contribution in [2.24, 2.45) is 0 Å². The monoisotopic (exact) mass is 473 g/mol. The Morgan fingerprint density at radius 1 is 1.00 bits per heavy atom. The fourth-order valence-electron chi connectivity index (χ4n) is 4.76. The number of nitrogens with zero attached hydrogens (tertiary/aromatic N) is 2. The van der Waals surface area contributed by atoms with Crippen LogP contribution in [0.3, 0.4) is 0 Å². The van der Waals surface area contributed by atoms with Crippen LogP contribution < -0.4 is 14.8 Å². The van der Waals surface area contributed by atoms with E-state index < -0.39 is 0 Å². The van der Waals surface area contributed by atoms with Gasteiger partial charge in [-0.05, 0) is 48.0 Å². The molecule has 4 heterocycles. The molecule has 1 amide bonds. The van der Waals surface area contributed by atoms with Gasteiger partial charge >= 0.3 is 0 Å². The molecule has 0 aliphatic carbocycles. The number of carbonyl (C=O) groups is 1. The van der Waals surface area contributed by atoms with Gasteiger partial charge in [-0.1, -0.05) is 24.3 Å². The van der Waals surface area contributed by atoms with Crippen LogP contribution in [-0.2, 0) is 19.6 Å². The zero-order valence-electron chi connectivity index (χ0n) is 18.9. The molecule has 0 spiro atoms. The molecule has 1 unspecified atom stereocenters. The third-order valence-electron chi connectivity index (χ3n) is 6.47. The first kappa shape index (κ1) is 21.5. The molecule has 2 aliphatic rings. The number of furan rings is 1. The highest BCUT2D eigenvalue weighted by atomic mass is 19.1. The maximum atomic E-state index is 14.8. The quantitative estimate of drug-likeness (QED) is 0.447. The van der Waals surface area contributed by atoms with Crippen molar-refractivity contribution in [1.82, 2.24) is 14.8 Å². The Labute approximate surface area is 201 Å². The minimum atomic E-state index is -0.299. The summed E-state index contributed by atoms with van der Waals surface area (Å²) >= 11 is 0. The Morgan fingerprint density at radius 3 is 2.80 bits per heavy atom. The van der Waals surface area contributed by atoms with E-state index >= 15 is 0 Å². The molecule has 2 aliphatic heterocycles. The van der Waals surface area contributed by atoms with Gasteiger partial charge in [0.25, 0.3) is 5.91 Å². The number of halogens is 1. The number of ether oxygens (including phenoxy) is 2. The molecule has 1 atom stereocenters. The van der Waals surface area contributed by atoms with Crippen LogP contribution in [0.15, 0.2) is 77.3 Å². The first-order chi connectivity index (χ1) is 17.2. The first-order valence-corrected chi connectivity index (χ1v) is 11.5. The topological polar surface area (TPSA) is 68.9 Å². The molecule has 0 saturated carbocycles. The lowest BCUT2D eigenvalue weighted by Gasteiger charge is -2.37. The fraction of sp³-hybridized carbons (Fsp3) is 0.222. The molecule has 7 nitrogen and oxygen atoms in total. The van der Waals surface area contributed by atoms with E-state index in [4.69, 9.17) is 13.9 Å². The summed E-state index contributed by atoms with van der Waals surface area (Å²) in [6.45, 7) is 2.54. The number of fused-ring (bicyclic) bond motifs is 2. The molecule has 6 rings (SSSR count). The number of hydrogen-bond acceptors (Lipinski definition) is 5. The van der Waals surface area contributed by atoms with Crippen LogP contribution in [0, 0.1) is 5.82 Å². The number of aromatic nitrogens is 1. The Morgan fingerprint density at radius 2 is 1.89 bits per heavy atom. The van der Waals surface area contributed by atoms with Crippen molar-refractivity contribution in [2.45, 2.75) is 25.7 Å². The van der Waals surface area contributed by atoms with Crippen molar-refractivity contribution < 1.29 is 23.1 Å². The van der Waals surface area contributed by atoms with Crippen molar-refractivity contribution >= 4 is 5.91 Å². The minimum absolute atomic E-state index is 0.209. The van der Waals surface area contributed by atoms with Gasteiger partial charge in [0.1, 0.15) is 11.6 Å². The summed E-state index contributed by atoms with van der Waals surface area (Å²) in [4.78, 5) is 14.9. The van der Waals surface area contributed by atoms with Crippen molar-refractivity contribution in [3.63, 3.8) is 0 Å². The van der Waals surface area contributed by atoms with Gasteiger partial charge in [-0.3, -0.25) is 9.69 Å². The second-order valence-corrected chi connectivity index (χ2v) is 8.66. The summed E-state index contributed by atoms with van der Waals surface area (Å²) in [6.07, 6.45) is 2.02. The highest BCUT2D eigenvalue weighted by Crippen LogP contribution is 2.35. The third kappa shape index (κ3) is 4.17. The van der Waals surface area contributed by atoms with E-state index in [1.807, 2.05) is 54.7 Å². The van der Waals surface area contributed by atoms with Crippen molar-refractivity contribution in [3.05, 3.63) is 107 Å². The predicted molar refractivity (Wildman–Crippen MR) is 126 cm³/mol. The first-order valence-electron chi connectivity index (χ1n) is 11.5. The van der Waals surface area contributed by atoms with Gasteiger partial charge in [0.2, 0.25) is 6.79 Å². The van der Waals surface area contributed by atoms with Gasteiger partial charge in [-0.15, -0.1) is 0 Å². The van der Waals surface area contributed by atoms with Gasteiger partial charge in [0, 0.05) is 37.1 Å². The highest BCUT2D eigenvalue weighted by molar-refractivity contribution is 5.91.